The van der Waals surface area contributed by atoms with Gasteiger partial charge in [-0.15, -0.1) is 0 Å². The molecule has 0 bridgehead atoms. The van der Waals surface area contributed by atoms with E-state index in [2.05, 4.69) is 20.3 Å². The van der Waals surface area contributed by atoms with E-state index in [9.17, 15) is 10.1 Å². The topological polar surface area (TPSA) is 93.8 Å². The molecule has 86 valence electrons. The molecule has 2 rings (SSSR count). The third-order valence-corrected chi connectivity index (χ3v) is 2.18. The Morgan fingerprint density at radius 2 is 2.24 bits per heavy atom. The Morgan fingerprint density at radius 3 is 2.82 bits per heavy atom. The van der Waals surface area contributed by atoms with Crippen LogP contribution in [0, 0.1) is 10.1 Å². The van der Waals surface area contributed by atoms with Crippen molar-refractivity contribution >= 4 is 11.5 Å². The van der Waals surface area contributed by atoms with Gasteiger partial charge in [0.15, 0.2) is 5.69 Å². The minimum absolute atomic E-state index is 0.150. The molecule has 0 saturated heterocycles. The molecule has 0 aliphatic rings. The average molecular weight is 231 g/mol. The first-order chi connectivity index (χ1) is 8.24. The van der Waals surface area contributed by atoms with Crippen LogP contribution < -0.4 is 5.32 Å². The number of anilines is 1. The summed E-state index contributed by atoms with van der Waals surface area (Å²) in [5, 5.41) is 13.7. The van der Waals surface area contributed by atoms with Gasteiger partial charge in [0.25, 0.3) is 0 Å². The first-order valence-electron chi connectivity index (χ1n) is 4.81. The molecule has 2 aromatic heterocycles. The maximum absolute atomic E-state index is 11.0. The predicted molar refractivity (Wildman–Crippen MR) is 61.5 cm³/mol. The van der Waals surface area contributed by atoms with Crippen LogP contribution in [0.1, 0.15) is 0 Å². The molecule has 17 heavy (non-hydrogen) atoms. The van der Waals surface area contributed by atoms with Crippen molar-refractivity contribution in [3.05, 3.63) is 41.0 Å². The number of aromatic nitrogens is 3. The molecule has 0 atom stereocenters. The maximum Gasteiger partial charge on any atom is 0.337 e. The lowest BCUT2D eigenvalue weighted by atomic mass is 10.2. The van der Waals surface area contributed by atoms with Crippen LogP contribution in [-0.2, 0) is 0 Å². The number of hydrogen-bond acceptors (Lipinski definition) is 6. The van der Waals surface area contributed by atoms with Crippen molar-refractivity contribution in [3.63, 3.8) is 0 Å². The monoisotopic (exact) mass is 231 g/mol. The number of hydrogen-bond donors (Lipinski definition) is 1. The summed E-state index contributed by atoms with van der Waals surface area (Å²) in [6.07, 6.45) is 4.39. The average Bonchev–Trinajstić information content (AvgIpc) is 2.38. The molecule has 0 fully saturated rings. The van der Waals surface area contributed by atoms with Crippen LogP contribution in [0.4, 0.5) is 11.5 Å². The fraction of sp³-hybridized carbons (Fsp3) is 0.100. The fourth-order valence-electron chi connectivity index (χ4n) is 1.45. The molecule has 0 unspecified atom stereocenters. The SMILES string of the molecule is CNc1ncnc(-c2cccnc2)c1[N+](=O)[O-]. The molecular formula is C10H9N5O2. The highest BCUT2D eigenvalue weighted by atomic mass is 16.6. The third-order valence-electron chi connectivity index (χ3n) is 2.18. The van der Waals surface area contributed by atoms with Crippen molar-refractivity contribution in [2.24, 2.45) is 0 Å². The van der Waals surface area contributed by atoms with Crippen LogP contribution in [0.3, 0.4) is 0 Å². The van der Waals surface area contributed by atoms with E-state index in [4.69, 9.17) is 0 Å². The molecule has 0 aliphatic carbocycles. The summed E-state index contributed by atoms with van der Waals surface area (Å²) in [7, 11) is 1.57. The molecule has 7 nitrogen and oxygen atoms in total. The molecule has 0 aromatic carbocycles. The Bertz CT molecular complexity index is 544. The number of nitro groups is 1. The van der Waals surface area contributed by atoms with Crippen LogP contribution >= 0.6 is 0 Å². The van der Waals surface area contributed by atoms with Crippen molar-refractivity contribution in [3.8, 4) is 11.3 Å². The van der Waals surface area contributed by atoms with E-state index in [0.717, 1.165) is 0 Å². The second-order valence-corrected chi connectivity index (χ2v) is 3.17. The van der Waals surface area contributed by atoms with E-state index in [0.29, 0.717) is 5.56 Å². The zero-order valence-electron chi connectivity index (χ0n) is 8.99. The Kier molecular flexibility index (Phi) is 2.91. The summed E-state index contributed by atoms with van der Waals surface area (Å²) in [5.74, 6) is 0.184. The van der Waals surface area contributed by atoms with Gasteiger partial charge in [0.05, 0.1) is 4.92 Å². The first-order valence-corrected chi connectivity index (χ1v) is 4.81. The Morgan fingerprint density at radius 1 is 1.41 bits per heavy atom. The number of nitrogens with one attached hydrogen (secondary N) is 1. The van der Waals surface area contributed by atoms with Crippen molar-refractivity contribution in [1.82, 2.24) is 15.0 Å². The second-order valence-electron chi connectivity index (χ2n) is 3.17. The summed E-state index contributed by atoms with van der Waals surface area (Å²) >= 11 is 0. The molecule has 1 N–H and O–H groups in total. The van der Waals surface area contributed by atoms with Crippen molar-refractivity contribution < 1.29 is 4.92 Å². The summed E-state index contributed by atoms with van der Waals surface area (Å²) in [4.78, 5) is 22.2. The largest absolute Gasteiger partial charge is 0.367 e. The van der Waals surface area contributed by atoms with Crippen LogP contribution in [0.15, 0.2) is 30.9 Å². The lowest BCUT2D eigenvalue weighted by molar-refractivity contribution is -0.383. The Labute approximate surface area is 96.7 Å². The Hall–Kier alpha value is -2.57. The minimum Gasteiger partial charge on any atom is -0.367 e. The van der Waals surface area contributed by atoms with E-state index in [1.54, 1.807) is 25.4 Å². The van der Waals surface area contributed by atoms with E-state index in [1.165, 1.54) is 12.5 Å². The van der Waals surface area contributed by atoms with Crippen molar-refractivity contribution in [2.75, 3.05) is 12.4 Å². The highest BCUT2D eigenvalue weighted by Gasteiger charge is 2.22. The van der Waals surface area contributed by atoms with Gasteiger partial charge in [-0.2, -0.15) is 0 Å². The lowest BCUT2D eigenvalue weighted by Crippen LogP contribution is -2.03. The highest BCUT2D eigenvalue weighted by Crippen LogP contribution is 2.31. The lowest BCUT2D eigenvalue weighted by Gasteiger charge is -2.04. The van der Waals surface area contributed by atoms with Gasteiger partial charge < -0.3 is 5.32 Å². The molecule has 0 radical (unpaired) electrons. The maximum atomic E-state index is 11.0. The highest BCUT2D eigenvalue weighted by molar-refractivity contribution is 5.75. The van der Waals surface area contributed by atoms with Crippen molar-refractivity contribution in [2.45, 2.75) is 0 Å². The van der Waals surface area contributed by atoms with E-state index >= 15 is 0 Å². The molecule has 0 aliphatic heterocycles. The minimum atomic E-state index is -0.506. The molecular weight excluding hydrogens is 222 g/mol. The summed E-state index contributed by atoms with van der Waals surface area (Å²) in [6, 6.07) is 3.40. The van der Waals surface area contributed by atoms with Gasteiger partial charge in [0.2, 0.25) is 5.82 Å². The van der Waals surface area contributed by atoms with Gasteiger partial charge in [-0.1, -0.05) is 0 Å². The molecule has 0 spiro atoms. The number of rotatable bonds is 3. The van der Waals surface area contributed by atoms with Gasteiger partial charge in [0.1, 0.15) is 6.33 Å². The van der Waals surface area contributed by atoms with Gasteiger partial charge in [-0.3, -0.25) is 15.1 Å². The summed E-state index contributed by atoms with van der Waals surface area (Å²) < 4.78 is 0. The van der Waals surface area contributed by atoms with Crippen LogP contribution in [0.2, 0.25) is 0 Å². The van der Waals surface area contributed by atoms with Crippen LogP contribution in [-0.4, -0.2) is 26.9 Å². The summed E-state index contributed by atoms with van der Waals surface area (Å²) in [6.45, 7) is 0. The number of nitrogens with zero attached hydrogens (tertiary/aromatic N) is 4. The first kappa shape index (κ1) is 10.9. The quantitative estimate of drug-likeness (QED) is 0.635. The van der Waals surface area contributed by atoms with Crippen LogP contribution in [0.5, 0.6) is 0 Å². The standard InChI is InChI=1S/C10H9N5O2/c1-11-10-9(15(16)17)8(13-6-14-10)7-3-2-4-12-5-7/h2-6H,1H3,(H,11,13,14). The molecule has 2 heterocycles. The smallest absolute Gasteiger partial charge is 0.337 e. The summed E-state index contributed by atoms with van der Waals surface area (Å²) in [5.41, 5.74) is 0.684. The van der Waals surface area contributed by atoms with Gasteiger partial charge >= 0.3 is 5.69 Å². The number of pyridine rings is 1. The van der Waals surface area contributed by atoms with Crippen LogP contribution in [0.25, 0.3) is 11.3 Å². The molecule has 0 saturated carbocycles. The molecule has 7 heteroatoms. The van der Waals surface area contributed by atoms with E-state index < -0.39 is 4.92 Å². The molecule has 2 aromatic rings. The Balaban J connectivity index is 2.66. The van der Waals surface area contributed by atoms with E-state index in [-0.39, 0.29) is 17.2 Å². The van der Waals surface area contributed by atoms with Gasteiger partial charge in [0, 0.05) is 25.0 Å². The zero-order chi connectivity index (χ0) is 12.3. The fourth-order valence-corrected chi connectivity index (χ4v) is 1.45. The second kappa shape index (κ2) is 4.52. The van der Waals surface area contributed by atoms with Gasteiger partial charge in [-0.25, -0.2) is 9.97 Å². The normalized spacial score (nSPS) is 9.94. The van der Waals surface area contributed by atoms with Gasteiger partial charge in [-0.05, 0) is 12.1 Å². The predicted octanol–water partition coefficient (Wildman–Crippen LogP) is 1.49. The van der Waals surface area contributed by atoms with E-state index in [1.807, 2.05) is 0 Å². The molecule has 0 amide bonds. The third kappa shape index (κ3) is 2.03. The van der Waals surface area contributed by atoms with Crippen molar-refractivity contribution in [1.29, 1.82) is 0 Å². The zero-order valence-corrected chi connectivity index (χ0v) is 8.99.